The van der Waals surface area contributed by atoms with Crippen molar-refractivity contribution in [3.05, 3.63) is 70.8 Å². The first-order valence-corrected chi connectivity index (χ1v) is 7.89. The lowest BCUT2D eigenvalue weighted by Crippen LogP contribution is -2.46. The molecule has 0 saturated carbocycles. The Bertz CT molecular complexity index is 805. The maximum absolute atomic E-state index is 13.6. The highest BCUT2D eigenvalue weighted by Crippen LogP contribution is 2.20. The van der Waals surface area contributed by atoms with Gasteiger partial charge in [0.2, 0.25) is 0 Å². The highest BCUT2D eigenvalue weighted by Gasteiger charge is 2.15. The van der Waals surface area contributed by atoms with E-state index in [9.17, 15) is 18.4 Å². The Hall–Kier alpha value is -2.93. The van der Waals surface area contributed by atoms with E-state index in [2.05, 4.69) is 10.9 Å². The second-order valence-electron chi connectivity index (χ2n) is 5.16. The summed E-state index contributed by atoms with van der Waals surface area (Å²) in [6.07, 6.45) is 1.28. The first-order valence-electron chi connectivity index (χ1n) is 7.51. The van der Waals surface area contributed by atoms with Crippen LogP contribution in [0.25, 0.3) is 6.08 Å². The molecule has 0 spiro atoms. The molecule has 0 heterocycles. The second kappa shape index (κ2) is 8.96. The third-order valence-electron chi connectivity index (χ3n) is 3.21. The molecule has 0 aliphatic carbocycles. The fourth-order valence-corrected chi connectivity index (χ4v) is 2.09. The van der Waals surface area contributed by atoms with Gasteiger partial charge in [0, 0.05) is 11.6 Å². The van der Waals surface area contributed by atoms with Gasteiger partial charge in [-0.25, -0.2) is 8.78 Å². The van der Waals surface area contributed by atoms with Gasteiger partial charge in [0.25, 0.3) is 11.8 Å². The predicted octanol–water partition coefficient (Wildman–Crippen LogP) is 3.25. The van der Waals surface area contributed by atoms with Crippen LogP contribution in [0.4, 0.5) is 8.78 Å². The lowest BCUT2D eigenvalue weighted by atomic mass is 10.2. The Morgan fingerprint density at radius 2 is 1.81 bits per heavy atom. The van der Waals surface area contributed by atoms with Gasteiger partial charge < -0.3 is 4.74 Å². The second-order valence-corrected chi connectivity index (χ2v) is 5.57. The molecule has 0 unspecified atom stereocenters. The molecule has 0 aliphatic heterocycles. The molecule has 1 atom stereocenters. The molecule has 2 amide bonds. The maximum atomic E-state index is 13.6. The van der Waals surface area contributed by atoms with Gasteiger partial charge in [0.15, 0.2) is 6.10 Å². The fourth-order valence-electron chi connectivity index (χ4n) is 1.87. The van der Waals surface area contributed by atoms with Gasteiger partial charge in [0.05, 0.1) is 5.02 Å². The molecule has 0 aromatic heterocycles. The van der Waals surface area contributed by atoms with Crippen LogP contribution in [-0.4, -0.2) is 17.9 Å². The summed E-state index contributed by atoms with van der Waals surface area (Å²) in [6, 6.07) is 9.27. The molecule has 0 aliphatic rings. The monoisotopic (exact) mass is 380 g/mol. The summed E-state index contributed by atoms with van der Waals surface area (Å²) in [5.41, 5.74) is 4.36. The first-order chi connectivity index (χ1) is 12.4. The highest BCUT2D eigenvalue weighted by molar-refractivity contribution is 6.32. The normalized spacial score (nSPS) is 11.8. The van der Waals surface area contributed by atoms with Gasteiger partial charge in [-0.3, -0.25) is 20.4 Å². The zero-order valence-electron chi connectivity index (χ0n) is 13.6. The molecule has 8 heteroatoms. The van der Waals surface area contributed by atoms with E-state index in [1.165, 1.54) is 55.5 Å². The van der Waals surface area contributed by atoms with Crippen LogP contribution in [-0.2, 0) is 9.59 Å². The Balaban J connectivity index is 1.85. The molecule has 26 heavy (non-hydrogen) atoms. The lowest BCUT2D eigenvalue weighted by molar-refractivity contribution is -0.131. The maximum Gasteiger partial charge on any atom is 0.279 e. The summed E-state index contributed by atoms with van der Waals surface area (Å²) in [7, 11) is 0. The van der Waals surface area contributed by atoms with E-state index in [-0.39, 0.29) is 10.6 Å². The minimum absolute atomic E-state index is 0.0589. The van der Waals surface area contributed by atoms with Crippen LogP contribution in [0.15, 0.2) is 48.5 Å². The van der Waals surface area contributed by atoms with Gasteiger partial charge in [-0.2, -0.15) is 0 Å². The number of hydrogen-bond donors (Lipinski definition) is 2. The van der Waals surface area contributed by atoms with Crippen LogP contribution in [0.2, 0.25) is 5.02 Å². The van der Waals surface area contributed by atoms with Gasteiger partial charge in [-0.15, -0.1) is 0 Å². The molecule has 2 N–H and O–H groups in total. The summed E-state index contributed by atoms with van der Waals surface area (Å²) in [6.45, 7) is 1.46. The SMILES string of the molecule is C[C@@H](Oc1ccc(F)cc1)C(=O)NNC(=O)/C=C/c1c(F)cccc1Cl. The van der Waals surface area contributed by atoms with Crippen molar-refractivity contribution in [2.75, 3.05) is 0 Å². The van der Waals surface area contributed by atoms with Gasteiger partial charge in [0.1, 0.15) is 17.4 Å². The highest BCUT2D eigenvalue weighted by atomic mass is 35.5. The number of rotatable bonds is 5. The lowest BCUT2D eigenvalue weighted by Gasteiger charge is -2.14. The number of nitrogens with one attached hydrogen (secondary N) is 2. The molecule has 0 bridgehead atoms. The van der Waals surface area contributed by atoms with Crippen molar-refractivity contribution in [1.82, 2.24) is 10.9 Å². The number of hydrogen-bond acceptors (Lipinski definition) is 3. The summed E-state index contributed by atoms with van der Waals surface area (Å²) in [5.74, 6) is -2.02. The predicted molar refractivity (Wildman–Crippen MR) is 93.2 cm³/mol. The molecular weight excluding hydrogens is 366 g/mol. The van der Waals surface area contributed by atoms with Crippen molar-refractivity contribution in [2.45, 2.75) is 13.0 Å². The molecule has 2 rings (SSSR count). The molecule has 2 aromatic rings. The van der Waals surface area contributed by atoms with Crippen molar-refractivity contribution < 1.29 is 23.1 Å². The minimum atomic E-state index is -0.939. The number of benzene rings is 2. The van der Waals surface area contributed by atoms with Crippen LogP contribution in [0.5, 0.6) is 5.75 Å². The number of ether oxygens (including phenoxy) is 1. The van der Waals surface area contributed by atoms with Crippen molar-refractivity contribution in [3.63, 3.8) is 0 Å². The van der Waals surface area contributed by atoms with E-state index in [0.717, 1.165) is 6.08 Å². The smallest absolute Gasteiger partial charge is 0.279 e. The number of carbonyl (C=O) groups excluding carboxylic acids is 2. The van der Waals surface area contributed by atoms with E-state index < -0.39 is 29.6 Å². The van der Waals surface area contributed by atoms with Crippen molar-refractivity contribution in [3.8, 4) is 5.75 Å². The largest absolute Gasteiger partial charge is 0.481 e. The summed E-state index contributed by atoms with van der Waals surface area (Å²) < 4.78 is 31.7. The van der Waals surface area contributed by atoms with E-state index in [1.54, 1.807) is 0 Å². The average molecular weight is 381 g/mol. The first kappa shape index (κ1) is 19.4. The molecule has 136 valence electrons. The van der Waals surface area contributed by atoms with E-state index in [0.29, 0.717) is 5.75 Å². The molecule has 0 fully saturated rings. The summed E-state index contributed by atoms with van der Waals surface area (Å²) >= 11 is 5.84. The quantitative estimate of drug-likeness (QED) is 0.618. The number of carbonyl (C=O) groups is 2. The van der Waals surface area contributed by atoms with E-state index >= 15 is 0 Å². The van der Waals surface area contributed by atoms with Crippen LogP contribution in [0, 0.1) is 11.6 Å². The molecule has 0 radical (unpaired) electrons. The van der Waals surface area contributed by atoms with Crippen molar-refractivity contribution >= 4 is 29.5 Å². The van der Waals surface area contributed by atoms with Crippen molar-refractivity contribution in [2.24, 2.45) is 0 Å². The standard InChI is InChI=1S/C18H15ClF2N2O3/c1-11(26-13-7-5-12(20)6-8-13)18(25)23-22-17(24)10-9-14-15(19)3-2-4-16(14)21/h2-11H,1H3,(H,22,24)(H,23,25)/b10-9+/t11-/m1/s1. The molecule has 0 saturated heterocycles. The van der Waals surface area contributed by atoms with Gasteiger partial charge in [-0.1, -0.05) is 17.7 Å². The molecule has 5 nitrogen and oxygen atoms in total. The Morgan fingerprint density at radius 1 is 1.12 bits per heavy atom. The summed E-state index contributed by atoms with van der Waals surface area (Å²) in [5, 5.41) is 0.152. The van der Waals surface area contributed by atoms with E-state index in [4.69, 9.17) is 16.3 Å². The zero-order chi connectivity index (χ0) is 19.1. The minimum Gasteiger partial charge on any atom is -0.481 e. The Kier molecular flexibility index (Phi) is 6.68. The van der Waals surface area contributed by atoms with E-state index in [1.807, 2.05) is 0 Å². The Labute approximate surface area is 153 Å². The average Bonchev–Trinajstić information content (AvgIpc) is 2.61. The Morgan fingerprint density at radius 3 is 2.46 bits per heavy atom. The number of halogens is 3. The summed E-state index contributed by atoms with van der Waals surface area (Å²) in [4.78, 5) is 23.6. The molecular formula is C18H15ClF2N2O3. The fraction of sp³-hybridized carbons (Fsp3) is 0.111. The number of amides is 2. The van der Waals surface area contributed by atoms with Crippen LogP contribution in [0.1, 0.15) is 12.5 Å². The van der Waals surface area contributed by atoms with Gasteiger partial charge >= 0.3 is 0 Å². The van der Waals surface area contributed by atoms with Crippen LogP contribution < -0.4 is 15.6 Å². The molecule has 2 aromatic carbocycles. The zero-order valence-corrected chi connectivity index (χ0v) is 14.4. The van der Waals surface area contributed by atoms with Crippen LogP contribution in [0.3, 0.4) is 0 Å². The third-order valence-corrected chi connectivity index (χ3v) is 3.54. The topological polar surface area (TPSA) is 67.4 Å². The van der Waals surface area contributed by atoms with Crippen LogP contribution >= 0.6 is 11.6 Å². The van der Waals surface area contributed by atoms with Gasteiger partial charge in [-0.05, 0) is 49.4 Å². The third kappa shape index (κ3) is 5.56. The number of hydrazine groups is 1. The van der Waals surface area contributed by atoms with Crippen molar-refractivity contribution in [1.29, 1.82) is 0 Å².